The molecule has 0 bridgehead atoms. The fourth-order valence-corrected chi connectivity index (χ4v) is 5.94. The normalized spacial score (nSPS) is 22.3. The van der Waals surface area contributed by atoms with Gasteiger partial charge in [-0.2, -0.15) is 26.3 Å². The van der Waals surface area contributed by atoms with E-state index < -0.39 is 71.4 Å². The minimum atomic E-state index is -5.44. The Labute approximate surface area is 238 Å². The number of amides is 3. The van der Waals surface area contributed by atoms with Gasteiger partial charge in [-0.05, 0) is 18.1 Å². The van der Waals surface area contributed by atoms with Crippen LogP contribution < -0.4 is 11.1 Å². The van der Waals surface area contributed by atoms with Gasteiger partial charge in [0.15, 0.2) is 10.8 Å². The molecule has 0 aliphatic carbocycles. The number of carboxylic acid groups (broad SMARTS) is 1. The third-order valence-electron chi connectivity index (χ3n) is 5.85. The number of thioether (sulfide) groups is 1. The minimum absolute atomic E-state index is 0.0293. The standard InChI is InChI=1S/C21H16F6N6O7S2/c22-20(23,24)6-32-2-1-7(14(32)35)3-8-4-41-16-11(15(36)33(16)12(8)17(37)38)30-13(34)10(9-5-42-19(28)29-9)31-40-18(39)21(25,26)27/h3,5,11,16H,1-2,4,6H2,(H2,28,29)(H,30,34)(H,37,38)/t11-,16-/m1/s1. The molecule has 3 aliphatic heterocycles. The smallest absolute Gasteiger partial charge is 0.477 e. The largest absolute Gasteiger partial charge is 0.493 e. The molecule has 4 N–H and O–H groups in total. The van der Waals surface area contributed by atoms with Crippen molar-refractivity contribution >= 4 is 63.6 Å². The molecule has 4 rings (SSSR count). The number of alkyl halides is 6. The summed E-state index contributed by atoms with van der Waals surface area (Å²) in [7, 11) is 0. The Hall–Kier alpha value is -4.14. The van der Waals surface area contributed by atoms with Gasteiger partial charge in [0.2, 0.25) is 5.91 Å². The lowest BCUT2D eigenvalue weighted by molar-refractivity contribution is -0.199. The Kier molecular flexibility index (Phi) is 8.27. The zero-order valence-electron chi connectivity index (χ0n) is 20.5. The lowest BCUT2D eigenvalue weighted by atomic mass is 10.0. The molecule has 0 aromatic carbocycles. The number of anilines is 1. The van der Waals surface area contributed by atoms with Crippen LogP contribution in [-0.4, -0.2) is 97.9 Å². The number of oxime groups is 1. The van der Waals surface area contributed by atoms with Gasteiger partial charge in [-0.25, -0.2) is 14.6 Å². The Bertz CT molecular complexity index is 1450. The quantitative estimate of drug-likeness (QED) is 0.0968. The molecule has 2 fully saturated rings. The summed E-state index contributed by atoms with van der Waals surface area (Å²) >= 11 is 1.71. The van der Waals surface area contributed by atoms with Crippen LogP contribution >= 0.6 is 23.1 Å². The maximum Gasteiger partial charge on any atom is 0.493 e. The monoisotopic (exact) mass is 642 g/mol. The first-order valence-corrected chi connectivity index (χ1v) is 13.3. The Morgan fingerprint density at radius 3 is 2.50 bits per heavy atom. The van der Waals surface area contributed by atoms with E-state index in [-0.39, 0.29) is 40.7 Å². The summed E-state index contributed by atoms with van der Waals surface area (Å²) in [5.41, 5.74) is 3.48. The van der Waals surface area contributed by atoms with Crippen LogP contribution in [0.4, 0.5) is 31.5 Å². The van der Waals surface area contributed by atoms with Gasteiger partial charge in [-0.15, -0.1) is 23.1 Å². The molecule has 13 nitrogen and oxygen atoms in total. The highest BCUT2D eigenvalue weighted by molar-refractivity contribution is 8.00. The van der Waals surface area contributed by atoms with Gasteiger partial charge in [0.05, 0.1) is 0 Å². The van der Waals surface area contributed by atoms with E-state index in [0.29, 0.717) is 4.90 Å². The van der Waals surface area contributed by atoms with E-state index in [4.69, 9.17) is 5.73 Å². The number of carbonyl (C=O) groups is 5. The summed E-state index contributed by atoms with van der Waals surface area (Å²) < 4.78 is 75.8. The first-order chi connectivity index (χ1) is 19.5. The highest BCUT2D eigenvalue weighted by Crippen LogP contribution is 2.41. The lowest BCUT2D eigenvalue weighted by Crippen LogP contribution is -2.71. The van der Waals surface area contributed by atoms with Gasteiger partial charge in [-0.1, -0.05) is 5.16 Å². The third-order valence-corrected chi connectivity index (χ3v) is 7.83. The number of rotatable bonds is 7. The van der Waals surface area contributed by atoms with Crippen LogP contribution in [0.15, 0.2) is 33.5 Å². The van der Waals surface area contributed by atoms with Crippen LogP contribution in [0.3, 0.4) is 0 Å². The van der Waals surface area contributed by atoms with Crippen LogP contribution in [0, 0.1) is 0 Å². The predicted octanol–water partition coefficient (Wildman–Crippen LogP) is 0.994. The number of thiazole rings is 1. The number of halogens is 6. The van der Waals surface area contributed by atoms with Crippen molar-refractivity contribution in [3.8, 4) is 0 Å². The molecule has 0 spiro atoms. The summed E-state index contributed by atoms with van der Waals surface area (Å²) in [5, 5.41) is 14.9. The number of nitrogens with two attached hydrogens (primary N) is 1. The van der Waals surface area contributed by atoms with Crippen LogP contribution in [0.5, 0.6) is 0 Å². The van der Waals surface area contributed by atoms with Gasteiger partial charge in [0.25, 0.3) is 11.8 Å². The van der Waals surface area contributed by atoms with Gasteiger partial charge in [0.1, 0.15) is 29.4 Å². The highest BCUT2D eigenvalue weighted by Gasteiger charge is 2.54. The van der Waals surface area contributed by atoms with E-state index in [1.54, 1.807) is 0 Å². The summed E-state index contributed by atoms with van der Waals surface area (Å²) in [5.74, 6) is -7.67. The van der Waals surface area contributed by atoms with Crippen LogP contribution in [0.2, 0.25) is 0 Å². The zero-order valence-corrected chi connectivity index (χ0v) is 22.1. The number of likely N-dealkylation sites (tertiary alicyclic amines) is 1. The average Bonchev–Trinajstić information content (AvgIpc) is 3.45. The zero-order chi connectivity index (χ0) is 31.1. The number of aliphatic carboxylic acids is 1. The maximum absolute atomic E-state index is 12.9. The Morgan fingerprint density at radius 1 is 1.24 bits per heavy atom. The fraction of sp³-hybridized carbons (Fsp3) is 0.381. The molecule has 1 aromatic rings. The van der Waals surface area contributed by atoms with Crippen molar-refractivity contribution in [2.24, 2.45) is 5.16 Å². The van der Waals surface area contributed by atoms with E-state index >= 15 is 0 Å². The van der Waals surface area contributed by atoms with Gasteiger partial charge >= 0.3 is 24.3 Å². The van der Waals surface area contributed by atoms with Crippen molar-refractivity contribution in [2.45, 2.75) is 30.2 Å². The number of allylic oxidation sites excluding steroid dienone is 1. The second kappa shape index (κ2) is 11.3. The van der Waals surface area contributed by atoms with E-state index in [1.165, 1.54) is 0 Å². The van der Waals surface area contributed by atoms with Crippen molar-refractivity contribution in [1.29, 1.82) is 0 Å². The maximum atomic E-state index is 12.9. The number of hydrogen-bond donors (Lipinski definition) is 3. The van der Waals surface area contributed by atoms with Crippen molar-refractivity contribution in [1.82, 2.24) is 20.1 Å². The molecule has 3 aliphatic rings. The van der Waals surface area contributed by atoms with E-state index in [0.717, 1.165) is 39.5 Å². The number of nitrogens with zero attached hydrogens (tertiary/aromatic N) is 4. The third kappa shape index (κ3) is 6.35. The average molecular weight is 643 g/mol. The molecule has 4 heterocycles. The van der Waals surface area contributed by atoms with E-state index in [2.05, 4.69) is 20.3 Å². The minimum Gasteiger partial charge on any atom is -0.477 e. The number of carbonyl (C=O) groups excluding carboxylic acids is 4. The topological polar surface area (TPSA) is 185 Å². The molecule has 0 unspecified atom stereocenters. The van der Waals surface area contributed by atoms with Crippen LogP contribution in [0.25, 0.3) is 0 Å². The molecule has 2 atom stereocenters. The lowest BCUT2D eigenvalue weighted by Gasteiger charge is -2.49. The highest BCUT2D eigenvalue weighted by atomic mass is 32.2. The Balaban J connectivity index is 1.54. The number of fused-ring (bicyclic) bond motifs is 1. The Morgan fingerprint density at radius 2 is 1.93 bits per heavy atom. The van der Waals surface area contributed by atoms with Crippen LogP contribution in [-0.2, 0) is 28.8 Å². The van der Waals surface area contributed by atoms with E-state index in [9.17, 15) is 55.4 Å². The summed E-state index contributed by atoms with van der Waals surface area (Å²) in [6.45, 7) is -1.72. The van der Waals surface area contributed by atoms with Gasteiger partial charge < -0.3 is 25.9 Å². The van der Waals surface area contributed by atoms with Crippen molar-refractivity contribution < 1.29 is 60.3 Å². The first kappa shape index (κ1) is 30.8. The second-order valence-electron chi connectivity index (χ2n) is 8.69. The molecular formula is C21H16F6N6O7S2. The van der Waals surface area contributed by atoms with Gasteiger partial charge in [0, 0.05) is 23.3 Å². The number of carboxylic acids is 1. The molecule has 42 heavy (non-hydrogen) atoms. The van der Waals surface area contributed by atoms with Crippen LogP contribution in [0.1, 0.15) is 12.1 Å². The fourth-order valence-electron chi connectivity index (χ4n) is 4.08. The molecule has 2 saturated heterocycles. The number of β-lactam (4-membered cyclic amide) rings is 1. The molecule has 3 amide bonds. The molecule has 21 heteroatoms. The van der Waals surface area contributed by atoms with E-state index in [1.807, 2.05) is 0 Å². The molecule has 0 radical (unpaired) electrons. The summed E-state index contributed by atoms with van der Waals surface area (Å²) in [6.07, 6.45) is -9.04. The van der Waals surface area contributed by atoms with Crippen molar-refractivity contribution in [3.05, 3.63) is 34.0 Å². The number of nitrogens with one attached hydrogen (secondary N) is 1. The number of nitrogen functional groups attached to an aromatic ring is 1. The summed E-state index contributed by atoms with van der Waals surface area (Å²) in [6, 6.07) is -1.42. The molecule has 1 aromatic heterocycles. The van der Waals surface area contributed by atoms with Crippen molar-refractivity contribution in [2.75, 3.05) is 24.6 Å². The van der Waals surface area contributed by atoms with Gasteiger partial charge in [-0.3, -0.25) is 19.3 Å². The summed E-state index contributed by atoms with van der Waals surface area (Å²) in [4.78, 5) is 70.2. The number of aromatic nitrogens is 1. The predicted molar refractivity (Wildman–Crippen MR) is 130 cm³/mol. The van der Waals surface area contributed by atoms with Crippen molar-refractivity contribution in [3.63, 3.8) is 0 Å². The second-order valence-corrected chi connectivity index (χ2v) is 10.7. The molecular weight excluding hydrogens is 626 g/mol. The SMILES string of the molecule is Nc1nc(C(=NOC(=O)C(F)(F)F)C(=O)N[C@@H]2C(=O)N3C(C(=O)O)=C(C=C4CCN(CC(F)(F)F)C4=O)CS[C@H]23)cs1. The first-order valence-electron chi connectivity index (χ1n) is 11.3. The molecule has 226 valence electrons. The molecule has 0 saturated carbocycles. The number of hydrogen-bond acceptors (Lipinski definition) is 11.